The molecule has 136 valence electrons. The molecule has 0 radical (unpaired) electrons. The Labute approximate surface area is 150 Å². The third-order valence-electron chi connectivity index (χ3n) is 4.84. The minimum absolute atomic E-state index is 0.0978. The van der Waals surface area contributed by atoms with Crippen LogP contribution in [0, 0.1) is 15.9 Å². The molecule has 0 bridgehead atoms. The maximum absolute atomic E-state index is 13.3. The van der Waals surface area contributed by atoms with Gasteiger partial charge in [-0.05, 0) is 42.7 Å². The van der Waals surface area contributed by atoms with Gasteiger partial charge >= 0.3 is 5.69 Å². The Balaban J connectivity index is 1.91. The van der Waals surface area contributed by atoms with Crippen LogP contribution < -0.4 is 10.1 Å². The quantitative estimate of drug-likeness (QED) is 0.648. The Morgan fingerprint density at radius 1 is 1.19 bits per heavy atom. The molecule has 1 amide bonds. The molecule has 0 heterocycles. The van der Waals surface area contributed by atoms with E-state index in [1.54, 1.807) is 12.1 Å². The van der Waals surface area contributed by atoms with Crippen molar-refractivity contribution in [2.75, 3.05) is 7.11 Å². The van der Waals surface area contributed by atoms with E-state index in [1.165, 1.54) is 37.4 Å². The van der Waals surface area contributed by atoms with Crippen LogP contribution in [-0.4, -0.2) is 17.9 Å². The molecule has 0 saturated heterocycles. The zero-order valence-electron chi connectivity index (χ0n) is 14.3. The predicted octanol–water partition coefficient (Wildman–Crippen LogP) is 3.94. The standard InChI is InChI=1S/C19H19FN2O4/c1-26-17-9-4-13(12-16(17)22(24)25)18(23)21-19(10-2-3-11-19)14-5-7-15(20)8-6-14/h4-9,12H,2-3,10-11H2,1H3,(H,21,23). The summed E-state index contributed by atoms with van der Waals surface area (Å²) < 4.78 is 18.2. The first kappa shape index (κ1) is 17.8. The average molecular weight is 358 g/mol. The van der Waals surface area contributed by atoms with Crippen LogP contribution in [0.15, 0.2) is 42.5 Å². The lowest BCUT2D eigenvalue weighted by Crippen LogP contribution is -2.43. The van der Waals surface area contributed by atoms with Gasteiger partial charge in [0.25, 0.3) is 5.91 Å². The molecular weight excluding hydrogens is 339 g/mol. The molecule has 1 fully saturated rings. The normalized spacial score (nSPS) is 15.5. The maximum atomic E-state index is 13.3. The van der Waals surface area contributed by atoms with E-state index >= 15 is 0 Å². The molecule has 2 aromatic rings. The van der Waals surface area contributed by atoms with Gasteiger partial charge in [-0.25, -0.2) is 4.39 Å². The highest BCUT2D eigenvalue weighted by Gasteiger charge is 2.37. The molecule has 1 N–H and O–H groups in total. The van der Waals surface area contributed by atoms with Crippen LogP contribution >= 0.6 is 0 Å². The predicted molar refractivity (Wildman–Crippen MR) is 93.7 cm³/mol. The summed E-state index contributed by atoms with van der Waals surface area (Å²) in [6, 6.07) is 10.2. The summed E-state index contributed by atoms with van der Waals surface area (Å²) in [5, 5.41) is 14.2. The molecule has 7 heteroatoms. The summed E-state index contributed by atoms with van der Waals surface area (Å²) in [6.45, 7) is 0. The van der Waals surface area contributed by atoms with Gasteiger partial charge in [0.2, 0.25) is 0 Å². The van der Waals surface area contributed by atoms with E-state index in [-0.39, 0.29) is 22.8 Å². The fourth-order valence-electron chi connectivity index (χ4n) is 3.50. The second-order valence-electron chi connectivity index (χ2n) is 6.39. The molecule has 6 nitrogen and oxygen atoms in total. The number of nitrogens with one attached hydrogen (secondary N) is 1. The first-order chi connectivity index (χ1) is 12.4. The summed E-state index contributed by atoms with van der Waals surface area (Å²) in [4.78, 5) is 23.4. The van der Waals surface area contributed by atoms with Crippen molar-refractivity contribution in [1.82, 2.24) is 5.32 Å². The Kier molecular flexibility index (Phi) is 4.88. The smallest absolute Gasteiger partial charge is 0.311 e. The molecule has 3 rings (SSSR count). The van der Waals surface area contributed by atoms with Gasteiger partial charge in [-0.1, -0.05) is 25.0 Å². The van der Waals surface area contributed by atoms with Crippen molar-refractivity contribution < 1.29 is 18.8 Å². The lowest BCUT2D eigenvalue weighted by molar-refractivity contribution is -0.385. The van der Waals surface area contributed by atoms with Crippen molar-refractivity contribution in [1.29, 1.82) is 0 Å². The number of hydrogen-bond donors (Lipinski definition) is 1. The largest absolute Gasteiger partial charge is 0.490 e. The number of carbonyl (C=O) groups is 1. The van der Waals surface area contributed by atoms with E-state index in [4.69, 9.17) is 4.74 Å². The molecule has 0 aromatic heterocycles. The van der Waals surface area contributed by atoms with E-state index in [0.717, 1.165) is 31.2 Å². The number of nitrogens with zero attached hydrogens (tertiary/aromatic N) is 1. The van der Waals surface area contributed by atoms with E-state index in [9.17, 15) is 19.3 Å². The van der Waals surface area contributed by atoms with Crippen molar-refractivity contribution >= 4 is 11.6 Å². The van der Waals surface area contributed by atoms with Gasteiger partial charge in [-0.2, -0.15) is 0 Å². The van der Waals surface area contributed by atoms with Crippen LogP contribution in [0.4, 0.5) is 10.1 Å². The number of amides is 1. The van der Waals surface area contributed by atoms with Crippen LogP contribution in [0.3, 0.4) is 0 Å². The summed E-state index contributed by atoms with van der Waals surface area (Å²) in [6.07, 6.45) is 3.37. The molecule has 2 aromatic carbocycles. The summed E-state index contributed by atoms with van der Waals surface area (Å²) in [7, 11) is 1.34. The fraction of sp³-hybridized carbons (Fsp3) is 0.316. The number of methoxy groups -OCH3 is 1. The molecule has 1 aliphatic carbocycles. The Morgan fingerprint density at radius 3 is 2.42 bits per heavy atom. The number of ether oxygens (including phenoxy) is 1. The number of carbonyl (C=O) groups excluding carboxylic acids is 1. The zero-order valence-corrected chi connectivity index (χ0v) is 14.3. The second-order valence-corrected chi connectivity index (χ2v) is 6.39. The fourth-order valence-corrected chi connectivity index (χ4v) is 3.50. The molecule has 0 unspecified atom stereocenters. The lowest BCUT2D eigenvalue weighted by atomic mass is 9.87. The van der Waals surface area contributed by atoms with Crippen molar-refractivity contribution in [3.63, 3.8) is 0 Å². The first-order valence-electron chi connectivity index (χ1n) is 8.36. The number of hydrogen-bond acceptors (Lipinski definition) is 4. The minimum Gasteiger partial charge on any atom is -0.490 e. The second kappa shape index (κ2) is 7.11. The molecule has 1 aliphatic rings. The molecular formula is C19H19FN2O4. The summed E-state index contributed by atoms with van der Waals surface area (Å²) >= 11 is 0. The third kappa shape index (κ3) is 3.37. The highest BCUT2D eigenvalue weighted by atomic mass is 19.1. The van der Waals surface area contributed by atoms with Crippen LogP contribution in [0.25, 0.3) is 0 Å². The topological polar surface area (TPSA) is 81.5 Å². The van der Waals surface area contributed by atoms with Crippen molar-refractivity contribution in [2.45, 2.75) is 31.2 Å². The minimum atomic E-state index is -0.584. The molecule has 1 saturated carbocycles. The molecule has 0 atom stereocenters. The maximum Gasteiger partial charge on any atom is 0.311 e. The SMILES string of the molecule is COc1ccc(C(=O)NC2(c3ccc(F)cc3)CCCC2)cc1[N+](=O)[O-]. The van der Waals surface area contributed by atoms with Crippen LogP contribution in [-0.2, 0) is 5.54 Å². The van der Waals surface area contributed by atoms with Gasteiger partial charge in [-0.3, -0.25) is 14.9 Å². The van der Waals surface area contributed by atoms with Gasteiger partial charge in [0.1, 0.15) is 5.82 Å². The summed E-state index contributed by atoms with van der Waals surface area (Å²) in [5.41, 5.74) is 0.181. The number of halogens is 1. The molecule has 0 spiro atoms. The van der Waals surface area contributed by atoms with E-state index in [0.29, 0.717) is 0 Å². The van der Waals surface area contributed by atoms with E-state index < -0.39 is 16.4 Å². The lowest BCUT2D eigenvalue weighted by Gasteiger charge is -2.31. The van der Waals surface area contributed by atoms with Crippen molar-refractivity contribution in [3.8, 4) is 5.75 Å². The van der Waals surface area contributed by atoms with Crippen LogP contribution in [0.5, 0.6) is 5.75 Å². The van der Waals surface area contributed by atoms with Gasteiger partial charge in [-0.15, -0.1) is 0 Å². The number of nitro groups is 1. The Hall–Kier alpha value is -2.96. The number of rotatable bonds is 5. The molecule has 0 aliphatic heterocycles. The third-order valence-corrected chi connectivity index (χ3v) is 4.84. The first-order valence-corrected chi connectivity index (χ1v) is 8.36. The van der Waals surface area contributed by atoms with Crippen LogP contribution in [0.2, 0.25) is 0 Å². The van der Waals surface area contributed by atoms with Gasteiger partial charge in [0.15, 0.2) is 5.75 Å². The van der Waals surface area contributed by atoms with Crippen LogP contribution in [0.1, 0.15) is 41.6 Å². The average Bonchev–Trinajstić information content (AvgIpc) is 3.11. The van der Waals surface area contributed by atoms with Gasteiger partial charge in [0.05, 0.1) is 17.6 Å². The number of benzene rings is 2. The van der Waals surface area contributed by atoms with Gasteiger partial charge in [0, 0.05) is 11.6 Å². The van der Waals surface area contributed by atoms with E-state index in [2.05, 4.69) is 5.32 Å². The van der Waals surface area contributed by atoms with Gasteiger partial charge < -0.3 is 10.1 Å². The zero-order chi connectivity index (χ0) is 18.7. The Morgan fingerprint density at radius 2 is 1.85 bits per heavy atom. The molecule has 26 heavy (non-hydrogen) atoms. The highest BCUT2D eigenvalue weighted by Crippen LogP contribution is 2.39. The van der Waals surface area contributed by atoms with E-state index in [1.807, 2.05) is 0 Å². The summed E-state index contributed by atoms with van der Waals surface area (Å²) in [5.74, 6) is -0.637. The van der Waals surface area contributed by atoms with Crippen molar-refractivity contribution in [2.24, 2.45) is 0 Å². The highest BCUT2D eigenvalue weighted by molar-refractivity contribution is 5.95. The number of nitro benzene ring substituents is 1. The Bertz CT molecular complexity index is 830. The monoisotopic (exact) mass is 358 g/mol. The van der Waals surface area contributed by atoms with Crippen molar-refractivity contribution in [3.05, 3.63) is 69.5 Å².